The second-order valence-electron chi connectivity index (χ2n) is 7.06. The first-order valence-corrected chi connectivity index (χ1v) is 9.14. The molecule has 0 aliphatic heterocycles. The van der Waals surface area contributed by atoms with Crippen LogP contribution in [0, 0.1) is 11.3 Å². The van der Waals surface area contributed by atoms with E-state index in [0.717, 1.165) is 51.0 Å². The average Bonchev–Trinajstić information content (AvgIpc) is 2.93. The predicted octanol–water partition coefficient (Wildman–Crippen LogP) is 4.19. The van der Waals surface area contributed by atoms with E-state index < -0.39 is 0 Å². The molecule has 0 bridgehead atoms. The molecular weight excluding hydrogens is 401 g/mol. The van der Waals surface area contributed by atoms with Gasteiger partial charge in [0, 0.05) is 33.4 Å². The van der Waals surface area contributed by atoms with Gasteiger partial charge in [0.05, 0.1) is 0 Å². The second kappa shape index (κ2) is 13.3. The lowest BCUT2D eigenvalue weighted by atomic mass is 9.78. The van der Waals surface area contributed by atoms with E-state index in [1.165, 1.54) is 32.1 Å². The molecule has 0 atom stereocenters. The van der Waals surface area contributed by atoms with Crippen LogP contribution in [0.4, 0.5) is 0 Å². The van der Waals surface area contributed by atoms with Crippen molar-refractivity contribution in [2.45, 2.75) is 65.7 Å². The van der Waals surface area contributed by atoms with E-state index >= 15 is 0 Å². The van der Waals surface area contributed by atoms with E-state index in [2.05, 4.69) is 29.5 Å². The number of rotatable bonds is 10. The number of unbranched alkanes of at least 4 members (excludes halogenated alkanes) is 1. The van der Waals surface area contributed by atoms with Crippen LogP contribution < -0.4 is 10.6 Å². The Labute approximate surface area is 160 Å². The van der Waals surface area contributed by atoms with Gasteiger partial charge in [-0.2, -0.15) is 0 Å². The van der Waals surface area contributed by atoms with E-state index in [9.17, 15) is 0 Å². The van der Waals surface area contributed by atoms with E-state index in [4.69, 9.17) is 4.74 Å². The molecule has 0 spiro atoms. The molecule has 0 aromatic carbocycles. The molecule has 0 aromatic heterocycles. The summed E-state index contributed by atoms with van der Waals surface area (Å²) in [5.41, 5.74) is 0.487. The number of guanidine groups is 1. The number of nitrogens with zero attached hydrogens (tertiary/aromatic N) is 1. The van der Waals surface area contributed by atoms with E-state index in [1.807, 2.05) is 14.0 Å². The summed E-state index contributed by atoms with van der Waals surface area (Å²) in [5.74, 6) is 1.72. The first kappa shape index (κ1) is 23.0. The second-order valence-corrected chi connectivity index (χ2v) is 7.06. The largest absolute Gasteiger partial charge is 0.382 e. The van der Waals surface area contributed by atoms with Crippen molar-refractivity contribution in [2.75, 3.05) is 33.4 Å². The van der Waals surface area contributed by atoms with Crippen LogP contribution in [0.2, 0.25) is 0 Å². The molecule has 1 rings (SSSR count). The molecular formula is C18H38IN3O. The standard InChI is InChI=1S/C18H37N3O.HI/c1-5-22-13-9-8-12-20-17(19-4)21-15-18(14-16(2)3)10-6-7-11-18;/h16H,5-15H2,1-4H3,(H2,19,20,21);1H. The predicted molar refractivity (Wildman–Crippen MR) is 111 cm³/mol. The summed E-state index contributed by atoms with van der Waals surface area (Å²) < 4.78 is 5.36. The normalized spacial score (nSPS) is 17.2. The molecule has 23 heavy (non-hydrogen) atoms. The van der Waals surface area contributed by atoms with Gasteiger partial charge in [0.15, 0.2) is 5.96 Å². The number of aliphatic imine (C=N–C) groups is 1. The maximum absolute atomic E-state index is 5.36. The molecule has 1 aliphatic carbocycles. The van der Waals surface area contributed by atoms with Gasteiger partial charge < -0.3 is 15.4 Å². The van der Waals surface area contributed by atoms with Gasteiger partial charge in [-0.1, -0.05) is 26.7 Å². The van der Waals surface area contributed by atoms with Gasteiger partial charge in [-0.25, -0.2) is 0 Å². The third kappa shape index (κ3) is 9.75. The van der Waals surface area contributed by atoms with Gasteiger partial charge in [-0.15, -0.1) is 24.0 Å². The highest BCUT2D eigenvalue weighted by molar-refractivity contribution is 14.0. The maximum Gasteiger partial charge on any atom is 0.190 e. The summed E-state index contributed by atoms with van der Waals surface area (Å²) in [4.78, 5) is 4.36. The van der Waals surface area contributed by atoms with Crippen LogP contribution in [-0.4, -0.2) is 39.3 Å². The van der Waals surface area contributed by atoms with Crippen molar-refractivity contribution in [1.29, 1.82) is 0 Å². The van der Waals surface area contributed by atoms with Crippen molar-refractivity contribution in [1.82, 2.24) is 10.6 Å². The minimum absolute atomic E-state index is 0. The summed E-state index contributed by atoms with van der Waals surface area (Å²) in [6.45, 7) is 10.4. The van der Waals surface area contributed by atoms with Crippen LogP contribution in [0.25, 0.3) is 0 Å². The van der Waals surface area contributed by atoms with Gasteiger partial charge in [-0.3, -0.25) is 4.99 Å². The first-order valence-electron chi connectivity index (χ1n) is 9.14. The fourth-order valence-electron chi connectivity index (χ4n) is 3.62. The molecule has 1 aliphatic rings. The van der Waals surface area contributed by atoms with Crippen molar-refractivity contribution in [3.8, 4) is 0 Å². The summed E-state index contributed by atoms with van der Waals surface area (Å²) in [7, 11) is 1.86. The number of halogens is 1. The summed E-state index contributed by atoms with van der Waals surface area (Å²) in [6, 6.07) is 0. The molecule has 0 saturated heterocycles. The Morgan fingerprint density at radius 3 is 2.43 bits per heavy atom. The molecule has 138 valence electrons. The number of hydrogen-bond donors (Lipinski definition) is 2. The fourth-order valence-corrected chi connectivity index (χ4v) is 3.62. The van der Waals surface area contributed by atoms with E-state index in [1.54, 1.807) is 0 Å². The number of ether oxygens (including phenoxy) is 1. The SMILES string of the molecule is CCOCCCCNC(=NC)NCC1(CC(C)C)CCCC1.I. The summed E-state index contributed by atoms with van der Waals surface area (Å²) in [6.07, 6.45) is 9.06. The Kier molecular flexibility index (Phi) is 13.3. The summed E-state index contributed by atoms with van der Waals surface area (Å²) >= 11 is 0. The van der Waals surface area contributed by atoms with Gasteiger partial charge in [0.2, 0.25) is 0 Å². The van der Waals surface area contributed by atoms with Crippen LogP contribution in [0.3, 0.4) is 0 Å². The molecule has 1 saturated carbocycles. The Balaban J connectivity index is 0.00000484. The quantitative estimate of drug-likeness (QED) is 0.232. The highest BCUT2D eigenvalue weighted by Crippen LogP contribution is 2.42. The molecule has 0 radical (unpaired) electrons. The first-order chi connectivity index (χ1) is 10.6. The maximum atomic E-state index is 5.36. The van der Waals surface area contributed by atoms with Crippen LogP contribution in [0.15, 0.2) is 4.99 Å². The number of nitrogens with one attached hydrogen (secondary N) is 2. The number of hydrogen-bond acceptors (Lipinski definition) is 2. The summed E-state index contributed by atoms with van der Waals surface area (Å²) in [5, 5.41) is 6.99. The van der Waals surface area contributed by atoms with Crippen molar-refractivity contribution in [3.05, 3.63) is 0 Å². The van der Waals surface area contributed by atoms with Crippen molar-refractivity contribution in [2.24, 2.45) is 16.3 Å². The van der Waals surface area contributed by atoms with Crippen LogP contribution in [0.1, 0.15) is 65.7 Å². The highest BCUT2D eigenvalue weighted by atomic mass is 127. The fraction of sp³-hybridized carbons (Fsp3) is 0.944. The van der Waals surface area contributed by atoms with Crippen molar-refractivity contribution >= 4 is 29.9 Å². The van der Waals surface area contributed by atoms with Crippen molar-refractivity contribution in [3.63, 3.8) is 0 Å². The third-order valence-corrected chi connectivity index (χ3v) is 4.57. The zero-order valence-electron chi connectivity index (χ0n) is 15.6. The zero-order chi connectivity index (χ0) is 16.3. The molecule has 0 amide bonds. The molecule has 2 N–H and O–H groups in total. The minimum Gasteiger partial charge on any atom is -0.382 e. The molecule has 0 heterocycles. The topological polar surface area (TPSA) is 45.6 Å². The van der Waals surface area contributed by atoms with Crippen LogP contribution in [0.5, 0.6) is 0 Å². The highest BCUT2D eigenvalue weighted by Gasteiger charge is 2.34. The van der Waals surface area contributed by atoms with Gasteiger partial charge in [0.1, 0.15) is 0 Å². The molecule has 0 unspecified atom stereocenters. The average molecular weight is 439 g/mol. The Bertz CT molecular complexity index is 315. The van der Waals surface area contributed by atoms with Gasteiger partial charge in [-0.05, 0) is 50.4 Å². The van der Waals surface area contributed by atoms with Crippen LogP contribution in [-0.2, 0) is 4.74 Å². The minimum atomic E-state index is 0. The molecule has 1 fully saturated rings. The Morgan fingerprint density at radius 2 is 1.87 bits per heavy atom. The van der Waals surface area contributed by atoms with Gasteiger partial charge in [0.25, 0.3) is 0 Å². The van der Waals surface area contributed by atoms with E-state index in [-0.39, 0.29) is 24.0 Å². The zero-order valence-corrected chi connectivity index (χ0v) is 17.9. The van der Waals surface area contributed by atoms with Gasteiger partial charge >= 0.3 is 0 Å². The van der Waals surface area contributed by atoms with E-state index in [0.29, 0.717) is 5.41 Å². The lowest BCUT2D eigenvalue weighted by Crippen LogP contribution is -2.43. The lowest BCUT2D eigenvalue weighted by Gasteiger charge is -2.32. The lowest BCUT2D eigenvalue weighted by molar-refractivity contribution is 0.143. The monoisotopic (exact) mass is 439 g/mol. The third-order valence-electron chi connectivity index (χ3n) is 4.57. The smallest absolute Gasteiger partial charge is 0.190 e. The van der Waals surface area contributed by atoms with Crippen molar-refractivity contribution < 1.29 is 4.74 Å². The molecule has 0 aromatic rings. The molecule has 5 heteroatoms. The van der Waals surface area contributed by atoms with Crippen LogP contribution >= 0.6 is 24.0 Å². The Hall–Kier alpha value is -0.0400. The molecule has 4 nitrogen and oxygen atoms in total. The Morgan fingerprint density at radius 1 is 1.17 bits per heavy atom.